The summed E-state index contributed by atoms with van der Waals surface area (Å²) in [5.41, 5.74) is -0.515. The number of unbranched alkanes of at least 4 members (excludes halogenated alkanes) is 1. The molecule has 0 atom stereocenters. The van der Waals surface area contributed by atoms with Crippen LogP contribution in [0.1, 0.15) is 37.3 Å². The Bertz CT molecular complexity index is 455. The summed E-state index contributed by atoms with van der Waals surface area (Å²) < 4.78 is 44.0. The highest BCUT2D eigenvalue weighted by Gasteiger charge is 2.34. The van der Waals surface area contributed by atoms with Gasteiger partial charge in [-0.05, 0) is 30.5 Å². The van der Waals surface area contributed by atoms with Gasteiger partial charge in [0.15, 0.2) is 0 Å². The van der Waals surface area contributed by atoms with Gasteiger partial charge >= 0.3 is 12.1 Å². The summed E-state index contributed by atoms with van der Waals surface area (Å²) in [6.45, 7) is 2.15. The van der Waals surface area contributed by atoms with Crippen molar-refractivity contribution in [3.63, 3.8) is 0 Å². The second-order valence-corrected chi connectivity index (χ2v) is 4.42. The summed E-state index contributed by atoms with van der Waals surface area (Å²) >= 11 is 0. The lowest BCUT2D eigenvalue weighted by Gasteiger charge is -2.15. The average molecular weight is 290 g/mol. The monoisotopic (exact) mass is 290 g/mol. The third-order valence-corrected chi connectivity index (χ3v) is 2.73. The first-order valence-corrected chi connectivity index (χ1v) is 6.39. The normalized spacial score (nSPS) is 11.4. The molecule has 112 valence electrons. The molecule has 1 N–H and O–H groups in total. The Morgan fingerprint density at radius 3 is 2.60 bits per heavy atom. The molecule has 0 heterocycles. The fourth-order valence-corrected chi connectivity index (χ4v) is 1.66. The molecule has 0 saturated carbocycles. The van der Waals surface area contributed by atoms with Gasteiger partial charge in [0, 0.05) is 6.42 Å². The maximum Gasteiger partial charge on any atom is 0.419 e. The smallest absolute Gasteiger partial charge is 0.419 e. The first-order valence-electron chi connectivity index (χ1n) is 6.39. The molecule has 0 radical (unpaired) electrons. The Labute approximate surface area is 115 Å². The number of rotatable bonds is 7. The summed E-state index contributed by atoms with van der Waals surface area (Å²) in [5.74, 6) is -1.24. The number of benzene rings is 1. The van der Waals surface area contributed by atoms with E-state index < -0.39 is 17.7 Å². The lowest BCUT2D eigenvalue weighted by Crippen LogP contribution is -2.10. The molecule has 0 aliphatic heterocycles. The van der Waals surface area contributed by atoms with Gasteiger partial charge in [-0.15, -0.1) is 0 Å². The molecule has 6 heteroatoms. The van der Waals surface area contributed by atoms with E-state index in [1.54, 1.807) is 0 Å². The van der Waals surface area contributed by atoms with Crippen LogP contribution in [0.25, 0.3) is 0 Å². The first-order chi connectivity index (χ1) is 9.34. The number of hydrogen-bond donors (Lipinski definition) is 1. The van der Waals surface area contributed by atoms with Crippen molar-refractivity contribution < 1.29 is 27.8 Å². The van der Waals surface area contributed by atoms with Crippen molar-refractivity contribution in [2.24, 2.45) is 0 Å². The third-order valence-electron chi connectivity index (χ3n) is 2.73. The van der Waals surface area contributed by atoms with Crippen molar-refractivity contribution in [2.45, 2.75) is 38.8 Å². The summed E-state index contributed by atoms with van der Waals surface area (Å²) in [5, 5.41) is 8.55. The molecule has 1 rings (SSSR count). The zero-order valence-electron chi connectivity index (χ0n) is 11.2. The Balaban J connectivity index is 2.92. The van der Waals surface area contributed by atoms with E-state index in [1.807, 2.05) is 6.92 Å². The predicted octanol–water partition coefficient (Wildman–Crippen LogP) is 3.90. The number of ether oxygens (including phenoxy) is 1. The molecule has 0 bridgehead atoms. The van der Waals surface area contributed by atoms with Gasteiger partial charge in [-0.3, -0.25) is 4.79 Å². The van der Waals surface area contributed by atoms with E-state index >= 15 is 0 Å². The van der Waals surface area contributed by atoms with Gasteiger partial charge < -0.3 is 9.84 Å². The third kappa shape index (κ3) is 5.11. The van der Waals surface area contributed by atoms with Gasteiger partial charge in [0.05, 0.1) is 12.2 Å². The molecule has 0 unspecified atom stereocenters. The molecule has 0 aliphatic rings. The number of aliphatic carboxylic acids is 1. The minimum absolute atomic E-state index is 0.0631. The zero-order valence-corrected chi connectivity index (χ0v) is 11.2. The molecule has 0 fully saturated rings. The summed E-state index contributed by atoms with van der Waals surface area (Å²) in [4.78, 5) is 10.4. The number of carboxylic acid groups (broad SMARTS) is 1. The van der Waals surface area contributed by atoms with Gasteiger partial charge in [-0.25, -0.2) is 0 Å². The van der Waals surface area contributed by atoms with Gasteiger partial charge in [-0.2, -0.15) is 13.2 Å². The van der Waals surface area contributed by atoms with Crippen LogP contribution in [0.3, 0.4) is 0 Å². The highest BCUT2D eigenvalue weighted by Crippen LogP contribution is 2.37. The second-order valence-electron chi connectivity index (χ2n) is 4.42. The van der Waals surface area contributed by atoms with E-state index in [9.17, 15) is 18.0 Å². The topological polar surface area (TPSA) is 46.5 Å². The molecule has 0 saturated heterocycles. The van der Waals surface area contributed by atoms with Crippen molar-refractivity contribution in [3.8, 4) is 5.75 Å². The SMILES string of the molecule is CCCCOc1ccc(CCC(=O)O)cc1C(F)(F)F. The van der Waals surface area contributed by atoms with Crippen LogP contribution in [-0.4, -0.2) is 17.7 Å². The number of hydrogen-bond acceptors (Lipinski definition) is 2. The maximum absolute atomic E-state index is 12.9. The average Bonchev–Trinajstić information content (AvgIpc) is 2.36. The standard InChI is InChI=1S/C14H17F3O3/c1-2-3-8-20-12-6-4-10(5-7-13(18)19)9-11(12)14(15,16)17/h4,6,9H,2-3,5,7-8H2,1H3,(H,18,19). The number of alkyl halides is 3. The molecular weight excluding hydrogens is 273 g/mol. The Kier molecular flexibility index (Phi) is 5.85. The lowest BCUT2D eigenvalue weighted by molar-refractivity contribution is -0.139. The molecule has 0 aromatic heterocycles. The fourth-order valence-electron chi connectivity index (χ4n) is 1.66. The van der Waals surface area contributed by atoms with E-state index in [4.69, 9.17) is 9.84 Å². The minimum atomic E-state index is -4.51. The predicted molar refractivity (Wildman–Crippen MR) is 67.8 cm³/mol. The van der Waals surface area contributed by atoms with Crippen molar-refractivity contribution >= 4 is 5.97 Å². The molecule has 1 aromatic rings. The van der Waals surface area contributed by atoms with Crippen molar-refractivity contribution in [1.29, 1.82) is 0 Å². The van der Waals surface area contributed by atoms with Crippen LogP contribution < -0.4 is 4.74 Å². The Morgan fingerprint density at radius 2 is 2.05 bits per heavy atom. The molecule has 0 amide bonds. The molecule has 3 nitrogen and oxygen atoms in total. The van der Waals surface area contributed by atoms with Crippen LogP contribution in [-0.2, 0) is 17.4 Å². The van der Waals surface area contributed by atoms with Crippen molar-refractivity contribution in [2.75, 3.05) is 6.61 Å². The van der Waals surface area contributed by atoms with Crippen LogP contribution in [0.4, 0.5) is 13.2 Å². The van der Waals surface area contributed by atoms with E-state index in [1.165, 1.54) is 12.1 Å². The van der Waals surface area contributed by atoms with E-state index in [0.717, 1.165) is 12.5 Å². The van der Waals surface area contributed by atoms with Crippen LogP contribution >= 0.6 is 0 Å². The number of aryl methyl sites for hydroxylation is 1. The largest absolute Gasteiger partial charge is 0.493 e. The van der Waals surface area contributed by atoms with E-state index in [2.05, 4.69) is 0 Å². The summed E-state index contributed by atoms with van der Waals surface area (Å²) in [6.07, 6.45) is -3.14. The van der Waals surface area contributed by atoms with Gasteiger partial charge in [-0.1, -0.05) is 19.4 Å². The van der Waals surface area contributed by atoms with Gasteiger partial charge in [0.2, 0.25) is 0 Å². The van der Waals surface area contributed by atoms with Crippen LogP contribution in [0.5, 0.6) is 5.75 Å². The van der Waals surface area contributed by atoms with Crippen LogP contribution in [0.15, 0.2) is 18.2 Å². The molecular formula is C14H17F3O3. The number of carboxylic acids is 1. The van der Waals surface area contributed by atoms with Crippen molar-refractivity contribution in [3.05, 3.63) is 29.3 Å². The van der Waals surface area contributed by atoms with E-state index in [0.29, 0.717) is 12.0 Å². The van der Waals surface area contributed by atoms with Gasteiger partial charge in [0.1, 0.15) is 5.75 Å². The Hall–Kier alpha value is -1.72. The highest BCUT2D eigenvalue weighted by molar-refractivity contribution is 5.67. The molecule has 20 heavy (non-hydrogen) atoms. The first kappa shape index (κ1) is 16.3. The quantitative estimate of drug-likeness (QED) is 0.775. The van der Waals surface area contributed by atoms with E-state index in [-0.39, 0.29) is 25.2 Å². The number of carbonyl (C=O) groups is 1. The maximum atomic E-state index is 12.9. The van der Waals surface area contributed by atoms with Gasteiger partial charge in [0.25, 0.3) is 0 Å². The zero-order chi connectivity index (χ0) is 15.2. The van der Waals surface area contributed by atoms with Crippen molar-refractivity contribution in [1.82, 2.24) is 0 Å². The minimum Gasteiger partial charge on any atom is -0.493 e. The molecule has 1 aromatic carbocycles. The molecule has 0 spiro atoms. The second kappa shape index (κ2) is 7.17. The lowest BCUT2D eigenvalue weighted by atomic mass is 10.1. The summed E-state index contributed by atoms with van der Waals surface area (Å²) in [7, 11) is 0. The fraction of sp³-hybridized carbons (Fsp3) is 0.500. The summed E-state index contributed by atoms with van der Waals surface area (Å²) in [6, 6.07) is 3.69. The highest BCUT2D eigenvalue weighted by atomic mass is 19.4. The van der Waals surface area contributed by atoms with Crippen LogP contribution in [0, 0.1) is 0 Å². The van der Waals surface area contributed by atoms with Crippen LogP contribution in [0.2, 0.25) is 0 Å². The number of halogens is 3. The Morgan fingerprint density at radius 1 is 1.35 bits per heavy atom. The molecule has 0 aliphatic carbocycles.